The fraction of sp³-hybridized carbons (Fsp3) is 0.0370. The van der Waals surface area contributed by atoms with Gasteiger partial charge in [0.2, 0.25) is 0 Å². The van der Waals surface area contributed by atoms with Gasteiger partial charge in [0.15, 0.2) is 0 Å². The summed E-state index contributed by atoms with van der Waals surface area (Å²) >= 11 is 6.54. The van der Waals surface area contributed by atoms with E-state index in [1.807, 2.05) is 72.8 Å². The molecule has 8 heteroatoms. The summed E-state index contributed by atoms with van der Waals surface area (Å²) < 4.78 is 5.89. The van der Waals surface area contributed by atoms with Gasteiger partial charge in [0.25, 0.3) is 0 Å². The van der Waals surface area contributed by atoms with Gasteiger partial charge in [0.1, 0.15) is 17.3 Å². The first kappa shape index (κ1) is 26.1. The molecule has 0 aliphatic rings. The van der Waals surface area contributed by atoms with E-state index >= 15 is 0 Å². The Morgan fingerprint density at radius 1 is 0.829 bits per heavy atom. The molecule has 0 saturated carbocycles. The first-order chi connectivity index (χ1) is 16.2. The molecule has 0 aliphatic heterocycles. The molecule has 0 radical (unpaired) electrons. The standard InChI is InChI=1S/C27H21ClN4O.2ClH/c28-24-6-2-1-5-23(24)27-19(16-20-4-3-7-26(29)31-20)17-25(32-27)18-8-10-21(11-9-18)33-22-12-14-30-15-13-22;;/h1-15,17,32H,16H2,(H2,29,31);2*1H. The highest BCUT2D eigenvalue weighted by Gasteiger charge is 2.15. The third-order valence-corrected chi connectivity index (χ3v) is 5.62. The topological polar surface area (TPSA) is 76.8 Å². The molecule has 5 rings (SSSR count). The van der Waals surface area contributed by atoms with Crippen molar-refractivity contribution in [2.45, 2.75) is 6.42 Å². The maximum absolute atomic E-state index is 6.54. The molecular formula is C27H23Cl3N4O. The van der Waals surface area contributed by atoms with Gasteiger partial charge < -0.3 is 15.5 Å². The average Bonchev–Trinajstić information content (AvgIpc) is 3.24. The van der Waals surface area contributed by atoms with Crippen molar-refractivity contribution in [2.75, 3.05) is 5.73 Å². The summed E-state index contributed by atoms with van der Waals surface area (Å²) in [6.07, 6.45) is 4.04. The van der Waals surface area contributed by atoms with Crippen molar-refractivity contribution in [1.29, 1.82) is 0 Å². The van der Waals surface area contributed by atoms with E-state index in [1.54, 1.807) is 18.5 Å². The number of nitrogens with zero attached hydrogens (tertiary/aromatic N) is 2. The molecule has 5 aromatic rings. The second-order valence-electron chi connectivity index (χ2n) is 7.60. The van der Waals surface area contributed by atoms with Crippen LogP contribution in [0.25, 0.3) is 22.5 Å². The lowest BCUT2D eigenvalue weighted by Gasteiger charge is -2.07. The highest BCUT2D eigenvalue weighted by molar-refractivity contribution is 6.33. The maximum Gasteiger partial charge on any atom is 0.130 e. The molecule has 178 valence electrons. The average molecular weight is 526 g/mol. The van der Waals surface area contributed by atoms with Crippen molar-refractivity contribution in [1.82, 2.24) is 15.0 Å². The van der Waals surface area contributed by atoms with Gasteiger partial charge in [-0.15, -0.1) is 24.8 Å². The first-order valence-electron chi connectivity index (χ1n) is 10.5. The van der Waals surface area contributed by atoms with Crippen LogP contribution in [-0.2, 0) is 6.42 Å². The van der Waals surface area contributed by atoms with Gasteiger partial charge in [-0.3, -0.25) is 4.98 Å². The van der Waals surface area contributed by atoms with Gasteiger partial charge in [-0.1, -0.05) is 35.9 Å². The third-order valence-electron chi connectivity index (χ3n) is 5.29. The summed E-state index contributed by atoms with van der Waals surface area (Å²) in [4.78, 5) is 12.0. The van der Waals surface area contributed by atoms with Crippen LogP contribution in [0.4, 0.5) is 5.82 Å². The lowest BCUT2D eigenvalue weighted by molar-refractivity contribution is 0.482. The minimum atomic E-state index is 0. The van der Waals surface area contributed by atoms with Crippen molar-refractivity contribution in [3.8, 4) is 34.0 Å². The van der Waals surface area contributed by atoms with E-state index in [0.717, 1.165) is 45.3 Å². The Bertz CT molecular complexity index is 1390. The second-order valence-corrected chi connectivity index (χ2v) is 8.01. The van der Waals surface area contributed by atoms with E-state index < -0.39 is 0 Å². The Morgan fingerprint density at radius 2 is 1.54 bits per heavy atom. The highest BCUT2D eigenvalue weighted by atomic mass is 35.5. The van der Waals surface area contributed by atoms with Crippen molar-refractivity contribution < 1.29 is 4.74 Å². The van der Waals surface area contributed by atoms with Gasteiger partial charge in [-0.05, 0) is 71.8 Å². The highest BCUT2D eigenvalue weighted by Crippen LogP contribution is 2.35. The quantitative estimate of drug-likeness (QED) is 0.239. The molecule has 3 N–H and O–H groups in total. The number of aromatic amines is 1. The van der Waals surface area contributed by atoms with E-state index in [1.165, 1.54) is 0 Å². The Hall–Kier alpha value is -3.51. The first-order valence-corrected chi connectivity index (χ1v) is 10.9. The Labute approximate surface area is 221 Å². The zero-order valence-corrected chi connectivity index (χ0v) is 20.9. The molecule has 3 heterocycles. The molecule has 35 heavy (non-hydrogen) atoms. The van der Waals surface area contributed by atoms with Crippen LogP contribution in [0.3, 0.4) is 0 Å². The van der Waals surface area contributed by atoms with E-state index in [9.17, 15) is 0 Å². The van der Waals surface area contributed by atoms with E-state index in [4.69, 9.17) is 22.1 Å². The molecule has 2 aromatic carbocycles. The fourth-order valence-electron chi connectivity index (χ4n) is 3.73. The fourth-order valence-corrected chi connectivity index (χ4v) is 3.96. The third kappa shape index (κ3) is 6.14. The molecule has 3 aromatic heterocycles. The van der Waals surface area contributed by atoms with Crippen LogP contribution in [-0.4, -0.2) is 15.0 Å². The molecule has 0 bridgehead atoms. The SMILES string of the molecule is Cl.Cl.Nc1cccc(Cc2cc(-c3ccc(Oc4ccncc4)cc3)[nH]c2-c2ccccc2Cl)n1. The molecule has 0 saturated heterocycles. The number of nitrogen functional groups attached to an aromatic ring is 1. The Balaban J connectivity index is 0.00000171. The normalized spacial score (nSPS) is 10.2. The minimum absolute atomic E-state index is 0. The lowest BCUT2D eigenvalue weighted by Crippen LogP contribution is -1.97. The summed E-state index contributed by atoms with van der Waals surface area (Å²) in [5, 5.41) is 0.689. The van der Waals surface area contributed by atoms with Crippen LogP contribution in [0.1, 0.15) is 11.3 Å². The second kappa shape index (κ2) is 11.8. The number of benzene rings is 2. The predicted octanol–water partition coefficient (Wildman–Crippen LogP) is 7.60. The van der Waals surface area contributed by atoms with Gasteiger partial charge in [-0.25, -0.2) is 4.98 Å². The molecule has 0 aliphatic carbocycles. The number of hydrogen-bond donors (Lipinski definition) is 2. The number of nitrogens with one attached hydrogen (secondary N) is 1. The molecule has 0 fully saturated rings. The summed E-state index contributed by atoms with van der Waals surface area (Å²) in [5.74, 6) is 2.01. The van der Waals surface area contributed by atoms with Crippen LogP contribution in [0.5, 0.6) is 11.5 Å². The smallest absolute Gasteiger partial charge is 0.130 e. The summed E-state index contributed by atoms with van der Waals surface area (Å²) in [6, 6.07) is 27.2. The molecule has 0 amide bonds. The maximum atomic E-state index is 6.54. The van der Waals surface area contributed by atoms with Crippen molar-refractivity contribution in [3.05, 3.63) is 114 Å². The van der Waals surface area contributed by atoms with Gasteiger partial charge in [0, 0.05) is 40.8 Å². The zero-order chi connectivity index (χ0) is 22.6. The predicted molar refractivity (Wildman–Crippen MR) is 147 cm³/mol. The number of hydrogen-bond acceptors (Lipinski definition) is 4. The van der Waals surface area contributed by atoms with Crippen molar-refractivity contribution in [3.63, 3.8) is 0 Å². The molecule has 5 nitrogen and oxygen atoms in total. The number of ether oxygens (including phenoxy) is 1. The van der Waals surface area contributed by atoms with Crippen LogP contribution < -0.4 is 10.5 Å². The number of H-pyrrole nitrogens is 1. The Morgan fingerprint density at radius 3 is 2.26 bits per heavy atom. The molecule has 0 unspecified atom stereocenters. The number of aromatic nitrogens is 3. The van der Waals surface area contributed by atoms with Crippen LogP contribution in [0, 0.1) is 0 Å². The summed E-state index contributed by atoms with van der Waals surface area (Å²) in [7, 11) is 0. The van der Waals surface area contributed by atoms with Gasteiger partial charge in [-0.2, -0.15) is 0 Å². The van der Waals surface area contributed by atoms with Crippen molar-refractivity contribution >= 4 is 42.2 Å². The summed E-state index contributed by atoms with van der Waals surface area (Å²) in [5.41, 5.74) is 11.8. The number of nitrogens with two attached hydrogens (primary N) is 1. The molecular weight excluding hydrogens is 503 g/mol. The van der Waals surface area contributed by atoms with E-state index in [2.05, 4.69) is 21.0 Å². The van der Waals surface area contributed by atoms with Crippen LogP contribution in [0.2, 0.25) is 5.02 Å². The minimum Gasteiger partial charge on any atom is -0.457 e. The number of anilines is 1. The lowest BCUT2D eigenvalue weighted by atomic mass is 10.0. The number of pyridine rings is 2. The Kier molecular flexibility index (Phi) is 8.77. The largest absolute Gasteiger partial charge is 0.457 e. The van der Waals surface area contributed by atoms with Crippen LogP contribution in [0.15, 0.2) is 97.3 Å². The van der Waals surface area contributed by atoms with Gasteiger partial charge >= 0.3 is 0 Å². The van der Waals surface area contributed by atoms with Gasteiger partial charge in [0.05, 0.1) is 5.69 Å². The van der Waals surface area contributed by atoms with E-state index in [-0.39, 0.29) is 24.8 Å². The zero-order valence-electron chi connectivity index (χ0n) is 18.5. The van der Waals surface area contributed by atoms with Crippen LogP contribution >= 0.6 is 36.4 Å². The van der Waals surface area contributed by atoms with E-state index in [0.29, 0.717) is 17.3 Å². The molecule has 0 spiro atoms. The number of rotatable bonds is 6. The molecule has 0 atom stereocenters. The summed E-state index contributed by atoms with van der Waals surface area (Å²) in [6.45, 7) is 0. The monoisotopic (exact) mass is 524 g/mol. The van der Waals surface area contributed by atoms with Crippen molar-refractivity contribution in [2.24, 2.45) is 0 Å². The number of halogens is 3.